The molecule has 0 radical (unpaired) electrons. The lowest BCUT2D eigenvalue weighted by molar-refractivity contribution is -0.117. The first-order chi connectivity index (χ1) is 9.70. The van der Waals surface area contributed by atoms with Crippen molar-refractivity contribution in [3.8, 4) is 0 Å². The van der Waals surface area contributed by atoms with Crippen molar-refractivity contribution >= 4 is 22.4 Å². The van der Waals surface area contributed by atoms with Crippen LogP contribution in [0.15, 0.2) is 17.9 Å². The molecule has 2 aromatic heterocycles. The summed E-state index contributed by atoms with van der Waals surface area (Å²) in [6.07, 6.45) is 4.12. The summed E-state index contributed by atoms with van der Waals surface area (Å²) in [5.74, 6) is 0.837. The Labute approximate surface area is 121 Å². The Morgan fingerprint density at radius 1 is 1.55 bits per heavy atom. The van der Waals surface area contributed by atoms with Crippen molar-refractivity contribution in [1.29, 1.82) is 0 Å². The first-order valence-electron chi connectivity index (χ1n) is 6.51. The van der Waals surface area contributed by atoms with E-state index in [0.29, 0.717) is 11.7 Å². The van der Waals surface area contributed by atoms with Crippen LogP contribution in [0, 0.1) is 0 Å². The molecule has 0 aliphatic rings. The van der Waals surface area contributed by atoms with Gasteiger partial charge in [0.25, 0.3) is 0 Å². The fourth-order valence-corrected chi connectivity index (χ4v) is 2.26. The van der Waals surface area contributed by atoms with Gasteiger partial charge in [-0.05, 0) is 13.8 Å². The first-order valence-corrected chi connectivity index (χ1v) is 7.39. The van der Waals surface area contributed by atoms with Gasteiger partial charge in [0.15, 0.2) is 5.13 Å². The first kappa shape index (κ1) is 14.6. The van der Waals surface area contributed by atoms with E-state index >= 15 is 0 Å². The molecule has 2 aromatic rings. The summed E-state index contributed by atoms with van der Waals surface area (Å²) in [6.45, 7) is 5.39. The molecular weight excluding hydrogens is 276 g/mol. The molecule has 2 N–H and O–H groups in total. The number of nitrogens with zero attached hydrogens (tertiary/aromatic N) is 4. The van der Waals surface area contributed by atoms with Gasteiger partial charge in [-0.3, -0.25) is 4.79 Å². The molecule has 108 valence electrons. The zero-order valence-corrected chi connectivity index (χ0v) is 12.4. The van der Waals surface area contributed by atoms with Gasteiger partial charge in [-0.2, -0.15) is 0 Å². The summed E-state index contributed by atoms with van der Waals surface area (Å²) >= 11 is 1.40. The summed E-state index contributed by atoms with van der Waals surface area (Å²) in [6, 6.07) is -0.281. The molecule has 0 spiro atoms. The maximum Gasteiger partial charge on any atom is 0.243 e. The topological polar surface area (TPSA) is 84.7 Å². The van der Waals surface area contributed by atoms with Crippen LogP contribution in [0.1, 0.15) is 19.7 Å². The highest BCUT2D eigenvalue weighted by atomic mass is 32.1. The van der Waals surface area contributed by atoms with Gasteiger partial charge in [0, 0.05) is 31.1 Å². The molecule has 1 amide bonds. The van der Waals surface area contributed by atoms with E-state index in [0.717, 1.165) is 18.8 Å². The summed E-state index contributed by atoms with van der Waals surface area (Å²) in [7, 11) is 0. The number of amides is 1. The fraction of sp³-hybridized carbons (Fsp3) is 0.500. The molecule has 7 nitrogen and oxygen atoms in total. The van der Waals surface area contributed by atoms with Gasteiger partial charge in [0.1, 0.15) is 12.2 Å². The van der Waals surface area contributed by atoms with Gasteiger partial charge < -0.3 is 15.2 Å². The highest BCUT2D eigenvalue weighted by Crippen LogP contribution is 2.10. The number of aromatic nitrogens is 4. The number of anilines is 1. The maximum absolute atomic E-state index is 11.9. The minimum atomic E-state index is -0.281. The molecule has 2 rings (SSSR count). The third kappa shape index (κ3) is 3.84. The van der Waals surface area contributed by atoms with Crippen LogP contribution in [0.4, 0.5) is 5.13 Å². The zero-order chi connectivity index (χ0) is 14.4. The number of rotatable bonds is 7. The van der Waals surface area contributed by atoms with Gasteiger partial charge in [0.05, 0.1) is 6.04 Å². The molecule has 0 fully saturated rings. The quantitative estimate of drug-likeness (QED) is 0.793. The van der Waals surface area contributed by atoms with Crippen molar-refractivity contribution in [3.05, 3.63) is 23.7 Å². The van der Waals surface area contributed by atoms with Crippen LogP contribution in [0.25, 0.3) is 0 Å². The minimum absolute atomic E-state index is 0.0862. The average Bonchev–Trinajstić information content (AvgIpc) is 3.09. The van der Waals surface area contributed by atoms with E-state index in [1.165, 1.54) is 11.3 Å². The Kier molecular flexibility index (Phi) is 5.19. The molecule has 0 aliphatic heterocycles. The number of nitrogens with one attached hydrogen (secondary N) is 2. The van der Waals surface area contributed by atoms with E-state index in [1.807, 2.05) is 23.8 Å². The molecule has 0 saturated carbocycles. The highest BCUT2D eigenvalue weighted by molar-refractivity contribution is 7.13. The molecule has 0 unspecified atom stereocenters. The van der Waals surface area contributed by atoms with Crippen LogP contribution in [-0.2, 0) is 17.8 Å². The Bertz CT molecular complexity index is 538. The van der Waals surface area contributed by atoms with E-state index in [1.54, 1.807) is 12.5 Å². The van der Waals surface area contributed by atoms with E-state index in [9.17, 15) is 4.79 Å². The van der Waals surface area contributed by atoms with Crippen LogP contribution >= 0.6 is 11.3 Å². The summed E-state index contributed by atoms with van der Waals surface area (Å²) in [4.78, 5) is 15.9. The maximum atomic E-state index is 11.9. The molecule has 1 atom stereocenters. The Morgan fingerprint density at radius 3 is 3.10 bits per heavy atom. The molecule has 20 heavy (non-hydrogen) atoms. The largest absolute Gasteiger partial charge is 0.318 e. The van der Waals surface area contributed by atoms with Crippen molar-refractivity contribution in [1.82, 2.24) is 25.1 Å². The number of thiazole rings is 1. The van der Waals surface area contributed by atoms with Crippen molar-refractivity contribution in [3.63, 3.8) is 0 Å². The fourth-order valence-electron chi connectivity index (χ4n) is 1.73. The van der Waals surface area contributed by atoms with E-state index in [2.05, 4.69) is 25.8 Å². The molecular formula is C12H18N6OS. The lowest BCUT2D eigenvalue weighted by Crippen LogP contribution is -2.39. The monoisotopic (exact) mass is 294 g/mol. The van der Waals surface area contributed by atoms with Gasteiger partial charge in [0.2, 0.25) is 5.91 Å². The number of aryl methyl sites for hydroxylation is 1. The van der Waals surface area contributed by atoms with Crippen molar-refractivity contribution in [2.24, 2.45) is 0 Å². The second kappa shape index (κ2) is 7.11. The molecule has 0 saturated heterocycles. The zero-order valence-electron chi connectivity index (χ0n) is 11.5. The average molecular weight is 294 g/mol. The Hall–Kier alpha value is -1.80. The van der Waals surface area contributed by atoms with Gasteiger partial charge >= 0.3 is 0 Å². The SMILES string of the molecule is CCn1cnnc1CCN[C@H](C)C(=O)Nc1nccs1. The third-order valence-corrected chi connectivity index (χ3v) is 3.58. The van der Waals surface area contributed by atoms with Crippen LogP contribution in [0.5, 0.6) is 0 Å². The smallest absolute Gasteiger partial charge is 0.243 e. The summed E-state index contributed by atoms with van der Waals surface area (Å²) in [5, 5.41) is 16.3. The predicted octanol–water partition coefficient (Wildman–Crippen LogP) is 0.914. The van der Waals surface area contributed by atoms with Crippen LogP contribution in [0.2, 0.25) is 0 Å². The van der Waals surface area contributed by atoms with Gasteiger partial charge in [-0.15, -0.1) is 21.5 Å². The standard InChI is InChI=1S/C12H18N6OS/c1-3-18-8-15-17-10(18)4-5-13-9(2)11(19)16-12-14-6-7-20-12/h6-9,13H,3-5H2,1-2H3,(H,14,16,19)/t9-/m1/s1. The molecule has 8 heteroatoms. The second-order valence-corrected chi connectivity index (χ2v) is 5.18. The van der Waals surface area contributed by atoms with Crippen LogP contribution in [0.3, 0.4) is 0 Å². The minimum Gasteiger partial charge on any atom is -0.318 e. The number of carbonyl (C=O) groups excluding carboxylic acids is 1. The predicted molar refractivity (Wildman–Crippen MR) is 77.6 cm³/mol. The third-order valence-electron chi connectivity index (χ3n) is 2.89. The van der Waals surface area contributed by atoms with Gasteiger partial charge in [-0.1, -0.05) is 0 Å². The molecule has 0 aromatic carbocycles. The molecule has 2 heterocycles. The van der Waals surface area contributed by atoms with Crippen molar-refractivity contribution in [2.45, 2.75) is 32.9 Å². The summed E-state index contributed by atoms with van der Waals surface area (Å²) < 4.78 is 1.99. The van der Waals surface area contributed by atoms with Crippen molar-refractivity contribution < 1.29 is 4.79 Å². The number of hydrogen-bond donors (Lipinski definition) is 2. The Balaban J connectivity index is 1.74. The van der Waals surface area contributed by atoms with Crippen LogP contribution < -0.4 is 10.6 Å². The lowest BCUT2D eigenvalue weighted by Gasteiger charge is -2.12. The Morgan fingerprint density at radius 2 is 2.40 bits per heavy atom. The van der Waals surface area contributed by atoms with E-state index in [-0.39, 0.29) is 11.9 Å². The van der Waals surface area contributed by atoms with E-state index in [4.69, 9.17) is 0 Å². The summed E-state index contributed by atoms with van der Waals surface area (Å²) in [5.41, 5.74) is 0. The molecule has 0 aliphatic carbocycles. The van der Waals surface area contributed by atoms with E-state index < -0.39 is 0 Å². The lowest BCUT2D eigenvalue weighted by atomic mass is 10.3. The van der Waals surface area contributed by atoms with Gasteiger partial charge in [-0.25, -0.2) is 4.98 Å². The van der Waals surface area contributed by atoms with Crippen molar-refractivity contribution in [2.75, 3.05) is 11.9 Å². The molecule has 0 bridgehead atoms. The number of hydrogen-bond acceptors (Lipinski definition) is 6. The normalized spacial score (nSPS) is 12.3. The van der Waals surface area contributed by atoms with Crippen LogP contribution in [-0.4, -0.2) is 38.2 Å². The highest BCUT2D eigenvalue weighted by Gasteiger charge is 2.13. The second-order valence-electron chi connectivity index (χ2n) is 4.29. The number of carbonyl (C=O) groups is 1.